The molecular formula is C79H150O17P2. The molecule has 0 amide bonds. The maximum Gasteiger partial charge on any atom is 0.472 e. The second-order valence-corrected chi connectivity index (χ2v) is 31.2. The SMILES string of the molecule is CCCCCC/C=C\C=C/CCCCCCCC(=O)OC[C@H](COP(=O)(O)OC[C@@H](O)COP(=O)(O)OC[C@@H](COC(=O)CCCCCCCCCC(C)C)OC(=O)CCCCCCCCCCCCCCC)OC(=O)CCCCCCCCCCCCCCCCCCCCCC. The van der Waals surface area contributed by atoms with Crippen molar-refractivity contribution in [2.24, 2.45) is 5.92 Å². The molecule has 0 fully saturated rings. The van der Waals surface area contributed by atoms with Gasteiger partial charge in [0.2, 0.25) is 0 Å². The summed E-state index contributed by atoms with van der Waals surface area (Å²) < 4.78 is 68.6. The number of ether oxygens (including phenoxy) is 4. The molecule has 0 aliphatic heterocycles. The number of rotatable bonds is 77. The summed E-state index contributed by atoms with van der Waals surface area (Å²) >= 11 is 0. The number of carbonyl (C=O) groups excluding carboxylic acids is 4. The minimum atomic E-state index is -4.97. The van der Waals surface area contributed by atoms with E-state index in [1.54, 1.807) is 0 Å². The number of hydrogen-bond acceptors (Lipinski definition) is 15. The first-order valence-electron chi connectivity index (χ1n) is 40.5. The first-order chi connectivity index (χ1) is 47.5. The van der Waals surface area contributed by atoms with Crippen molar-refractivity contribution < 1.29 is 80.2 Å². The van der Waals surface area contributed by atoms with Crippen LogP contribution in [0.15, 0.2) is 24.3 Å². The predicted molar refractivity (Wildman–Crippen MR) is 400 cm³/mol. The van der Waals surface area contributed by atoms with Crippen molar-refractivity contribution in [1.29, 1.82) is 0 Å². The van der Waals surface area contributed by atoms with Crippen molar-refractivity contribution in [3.63, 3.8) is 0 Å². The van der Waals surface area contributed by atoms with E-state index in [0.29, 0.717) is 31.6 Å². The van der Waals surface area contributed by atoms with Gasteiger partial charge in [-0.25, -0.2) is 9.13 Å². The summed E-state index contributed by atoms with van der Waals surface area (Å²) in [5.41, 5.74) is 0. The van der Waals surface area contributed by atoms with Crippen LogP contribution < -0.4 is 0 Å². The fourth-order valence-corrected chi connectivity index (χ4v) is 13.3. The maximum absolute atomic E-state index is 13.1. The molecule has 2 unspecified atom stereocenters. The van der Waals surface area contributed by atoms with Crippen LogP contribution in [0, 0.1) is 5.92 Å². The number of unbranched alkanes of at least 4 members (excludes halogenated alkanes) is 46. The molecule has 578 valence electrons. The molecule has 3 N–H and O–H groups in total. The Balaban J connectivity index is 5.26. The molecule has 0 heterocycles. The molecule has 0 saturated carbocycles. The zero-order chi connectivity index (χ0) is 71.9. The largest absolute Gasteiger partial charge is 0.472 e. The summed E-state index contributed by atoms with van der Waals surface area (Å²) in [5, 5.41) is 10.6. The zero-order valence-corrected chi connectivity index (χ0v) is 65.2. The van der Waals surface area contributed by atoms with Crippen LogP contribution in [0.2, 0.25) is 0 Å². The van der Waals surface area contributed by atoms with Crippen molar-refractivity contribution in [3.05, 3.63) is 24.3 Å². The van der Waals surface area contributed by atoms with Crippen molar-refractivity contribution in [1.82, 2.24) is 0 Å². The average molecular weight is 1430 g/mol. The third-order valence-electron chi connectivity index (χ3n) is 17.9. The first kappa shape index (κ1) is 95.5. The van der Waals surface area contributed by atoms with Gasteiger partial charge in [-0.15, -0.1) is 0 Å². The quantitative estimate of drug-likeness (QED) is 0.0169. The Bertz CT molecular complexity index is 1970. The van der Waals surface area contributed by atoms with Crippen molar-refractivity contribution in [3.8, 4) is 0 Å². The molecule has 0 rings (SSSR count). The third-order valence-corrected chi connectivity index (χ3v) is 19.8. The van der Waals surface area contributed by atoms with Crippen LogP contribution in [0.1, 0.15) is 394 Å². The van der Waals surface area contributed by atoms with Crippen LogP contribution in [0.3, 0.4) is 0 Å². The lowest BCUT2D eigenvalue weighted by Gasteiger charge is -2.21. The molecule has 0 saturated heterocycles. The molecule has 0 bridgehead atoms. The molecule has 0 spiro atoms. The monoisotopic (exact) mass is 1430 g/mol. The van der Waals surface area contributed by atoms with Gasteiger partial charge in [-0.2, -0.15) is 0 Å². The lowest BCUT2D eigenvalue weighted by molar-refractivity contribution is -0.161. The number of allylic oxidation sites excluding steroid dienone is 4. The molecule has 5 atom stereocenters. The van der Waals surface area contributed by atoms with E-state index in [2.05, 4.69) is 58.9 Å². The summed E-state index contributed by atoms with van der Waals surface area (Å²) in [6.07, 6.45) is 64.7. The van der Waals surface area contributed by atoms with Crippen molar-refractivity contribution in [2.45, 2.75) is 412 Å². The van der Waals surface area contributed by atoms with E-state index in [0.717, 1.165) is 116 Å². The number of phosphoric ester groups is 2. The van der Waals surface area contributed by atoms with Crippen molar-refractivity contribution >= 4 is 39.5 Å². The molecule has 0 aliphatic rings. The minimum absolute atomic E-state index is 0.102. The number of hydrogen-bond donors (Lipinski definition) is 3. The van der Waals surface area contributed by atoms with Gasteiger partial charge in [-0.3, -0.25) is 37.3 Å². The molecule has 0 radical (unpaired) electrons. The second-order valence-electron chi connectivity index (χ2n) is 28.2. The smallest absolute Gasteiger partial charge is 0.462 e. The van der Waals surface area contributed by atoms with Crippen LogP contribution >= 0.6 is 15.6 Å². The zero-order valence-electron chi connectivity index (χ0n) is 63.4. The van der Waals surface area contributed by atoms with Gasteiger partial charge < -0.3 is 33.8 Å². The van der Waals surface area contributed by atoms with E-state index in [9.17, 15) is 43.2 Å². The fourth-order valence-electron chi connectivity index (χ4n) is 11.7. The van der Waals surface area contributed by atoms with Crippen LogP contribution in [-0.4, -0.2) is 96.7 Å². The van der Waals surface area contributed by atoms with Crippen LogP contribution in [0.4, 0.5) is 0 Å². The van der Waals surface area contributed by atoms with E-state index >= 15 is 0 Å². The highest BCUT2D eigenvalue weighted by molar-refractivity contribution is 7.47. The number of esters is 4. The Morgan fingerprint density at radius 2 is 0.551 bits per heavy atom. The van der Waals surface area contributed by atoms with Gasteiger partial charge in [0.15, 0.2) is 12.2 Å². The minimum Gasteiger partial charge on any atom is -0.462 e. The van der Waals surface area contributed by atoms with Gasteiger partial charge in [-0.05, 0) is 57.3 Å². The molecule has 17 nitrogen and oxygen atoms in total. The van der Waals surface area contributed by atoms with Gasteiger partial charge in [0.05, 0.1) is 26.4 Å². The number of phosphoric acid groups is 2. The van der Waals surface area contributed by atoms with Gasteiger partial charge >= 0.3 is 39.5 Å². The molecule has 98 heavy (non-hydrogen) atoms. The Morgan fingerprint density at radius 1 is 0.316 bits per heavy atom. The van der Waals surface area contributed by atoms with E-state index < -0.39 is 97.5 Å². The van der Waals surface area contributed by atoms with Gasteiger partial charge in [-0.1, -0.05) is 341 Å². The molecule has 0 aromatic carbocycles. The summed E-state index contributed by atoms with van der Waals surface area (Å²) in [5.74, 6) is -1.44. The highest BCUT2D eigenvalue weighted by Gasteiger charge is 2.30. The topological polar surface area (TPSA) is 237 Å². The standard InChI is InChI=1S/C79H150O17P2/c1-6-9-12-15-18-21-24-27-29-30-31-32-33-35-38-41-44-49-55-60-65-79(84)95-74(68-89-76(81)62-57-52-47-42-39-37-34-28-25-22-19-16-13-10-7-2)70-93-97(85,86)91-66-73(80)67-92-98(87,88)94-71-75(69-90-77(82)63-58-53-50-45-46-51-56-61-72(4)5)96-78(83)64-59-54-48-43-40-36-26-23-20-17-14-11-8-3/h22,25,28,34,72-75,80H,6-21,23-24,26-27,29-33,35-71H2,1-5H3,(H,85,86)(H,87,88)/b25-22-,34-28-/t73-,74-,75-/m1/s1. The Hall–Kier alpha value is -2.46. The van der Waals surface area contributed by atoms with E-state index in [1.165, 1.54) is 193 Å². The van der Waals surface area contributed by atoms with Gasteiger partial charge in [0, 0.05) is 25.7 Å². The number of aliphatic hydroxyl groups is 1. The molecule has 0 aromatic rings. The molecule has 19 heteroatoms. The summed E-state index contributed by atoms with van der Waals surface area (Å²) in [6.45, 7) is 7.19. The lowest BCUT2D eigenvalue weighted by Crippen LogP contribution is -2.30. The molecular weight excluding hydrogens is 1280 g/mol. The summed E-state index contributed by atoms with van der Waals surface area (Å²) in [7, 11) is -9.93. The normalized spacial score (nSPS) is 14.1. The maximum atomic E-state index is 13.1. The Morgan fingerprint density at radius 3 is 0.837 bits per heavy atom. The van der Waals surface area contributed by atoms with E-state index in [4.69, 9.17) is 37.0 Å². The van der Waals surface area contributed by atoms with Crippen LogP contribution in [-0.2, 0) is 65.4 Å². The average Bonchev–Trinajstić information content (AvgIpc) is 1.95. The Labute approximate surface area is 599 Å². The van der Waals surface area contributed by atoms with E-state index in [1.807, 2.05) is 0 Å². The van der Waals surface area contributed by atoms with Gasteiger partial charge in [0.1, 0.15) is 19.3 Å². The van der Waals surface area contributed by atoms with Crippen LogP contribution in [0.5, 0.6) is 0 Å². The number of aliphatic hydroxyl groups excluding tert-OH is 1. The fraction of sp³-hybridized carbons (Fsp3) is 0.899. The predicted octanol–water partition coefficient (Wildman–Crippen LogP) is 23.2. The number of carbonyl (C=O) groups is 4. The third kappa shape index (κ3) is 71.9. The summed E-state index contributed by atoms with van der Waals surface area (Å²) in [4.78, 5) is 72.9. The highest BCUT2D eigenvalue weighted by atomic mass is 31.2. The second kappa shape index (κ2) is 71.5. The van der Waals surface area contributed by atoms with Crippen molar-refractivity contribution in [2.75, 3.05) is 39.6 Å². The molecule has 0 aliphatic carbocycles. The highest BCUT2D eigenvalue weighted by Crippen LogP contribution is 2.45. The molecule has 0 aromatic heterocycles. The lowest BCUT2D eigenvalue weighted by atomic mass is 10.0. The summed E-state index contributed by atoms with van der Waals surface area (Å²) in [6, 6.07) is 0. The Kier molecular flexibility index (Phi) is 69.7. The van der Waals surface area contributed by atoms with E-state index in [-0.39, 0.29) is 25.7 Å². The van der Waals surface area contributed by atoms with Crippen LogP contribution in [0.25, 0.3) is 0 Å². The van der Waals surface area contributed by atoms with Gasteiger partial charge in [0.25, 0.3) is 0 Å². The first-order valence-corrected chi connectivity index (χ1v) is 43.4.